The summed E-state index contributed by atoms with van der Waals surface area (Å²) in [6.45, 7) is 2.28. The summed E-state index contributed by atoms with van der Waals surface area (Å²) >= 11 is 6.56. The van der Waals surface area contributed by atoms with E-state index in [0.29, 0.717) is 23.0 Å². The number of nitrogens with one attached hydrogen (secondary N) is 1. The molecule has 1 N–H and O–H groups in total. The van der Waals surface area contributed by atoms with Crippen molar-refractivity contribution in [3.63, 3.8) is 0 Å². The van der Waals surface area contributed by atoms with Crippen molar-refractivity contribution < 1.29 is 9.59 Å². The van der Waals surface area contributed by atoms with Crippen LogP contribution in [-0.2, 0) is 10.3 Å². The molecule has 2 saturated carbocycles. The van der Waals surface area contributed by atoms with Crippen molar-refractivity contribution in [3.8, 4) is 11.3 Å². The molecule has 1 aromatic heterocycles. The Kier molecular flexibility index (Phi) is 5.67. The van der Waals surface area contributed by atoms with Gasteiger partial charge in [0.15, 0.2) is 0 Å². The third kappa shape index (κ3) is 4.64. The number of carbonyl (C=O) groups excluding carboxylic acids is 2. The fraction of sp³-hybridized carbons (Fsp3) is 0.296. The molecule has 2 aliphatic carbocycles. The molecule has 0 unspecified atom stereocenters. The minimum absolute atomic E-state index is 0.00558. The quantitative estimate of drug-likeness (QED) is 0.501. The second-order valence-corrected chi connectivity index (χ2v) is 9.48. The van der Waals surface area contributed by atoms with Gasteiger partial charge in [-0.1, -0.05) is 48.0 Å². The van der Waals surface area contributed by atoms with Crippen LogP contribution in [-0.4, -0.2) is 23.3 Å². The normalized spacial score (nSPS) is 16.2. The van der Waals surface area contributed by atoms with Gasteiger partial charge in [-0.25, -0.2) is 0 Å². The first-order valence-corrected chi connectivity index (χ1v) is 11.8. The van der Waals surface area contributed by atoms with E-state index in [0.717, 1.165) is 48.2 Å². The van der Waals surface area contributed by atoms with E-state index in [9.17, 15) is 9.59 Å². The van der Waals surface area contributed by atoms with E-state index in [-0.39, 0.29) is 17.4 Å². The number of aromatic nitrogens is 1. The van der Waals surface area contributed by atoms with E-state index in [1.54, 1.807) is 24.1 Å². The molecular weight excluding hydrogens is 434 g/mol. The fourth-order valence-electron chi connectivity index (χ4n) is 4.20. The van der Waals surface area contributed by atoms with Crippen molar-refractivity contribution in [2.75, 3.05) is 11.4 Å². The van der Waals surface area contributed by atoms with E-state index < -0.39 is 0 Å². The van der Waals surface area contributed by atoms with E-state index in [1.807, 2.05) is 42.5 Å². The highest BCUT2D eigenvalue weighted by molar-refractivity contribution is 6.34. The average molecular weight is 460 g/mol. The van der Waals surface area contributed by atoms with Crippen LogP contribution in [0.15, 0.2) is 66.9 Å². The number of halogens is 1. The Bertz CT molecular complexity index is 1190. The number of rotatable bonds is 7. The van der Waals surface area contributed by atoms with E-state index >= 15 is 0 Å². The van der Waals surface area contributed by atoms with Gasteiger partial charge in [-0.3, -0.25) is 14.6 Å². The maximum absolute atomic E-state index is 12.8. The molecule has 2 fully saturated rings. The fourth-order valence-corrected chi connectivity index (χ4v) is 4.48. The number of pyridine rings is 1. The first-order valence-electron chi connectivity index (χ1n) is 11.4. The highest BCUT2D eigenvalue weighted by Crippen LogP contribution is 2.45. The Balaban J connectivity index is 1.31. The zero-order chi connectivity index (χ0) is 23.0. The van der Waals surface area contributed by atoms with Gasteiger partial charge in [0.2, 0.25) is 5.91 Å². The van der Waals surface area contributed by atoms with Gasteiger partial charge in [0.05, 0.1) is 27.5 Å². The molecule has 0 saturated heterocycles. The van der Waals surface area contributed by atoms with Crippen molar-refractivity contribution in [2.45, 2.75) is 38.1 Å². The predicted molar refractivity (Wildman–Crippen MR) is 130 cm³/mol. The van der Waals surface area contributed by atoms with Crippen LogP contribution in [0, 0.1) is 5.92 Å². The summed E-state index contributed by atoms with van der Waals surface area (Å²) in [6, 6.07) is 19.3. The first-order chi connectivity index (χ1) is 15.9. The molecule has 0 radical (unpaired) electrons. The largest absolute Gasteiger partial charge is 0.342 e. The van der Waals surface area contributed by atoms with Crippen LogP contribution in [0.1, 0.15) is 48.5 Å². The molecule has 0 aliphatic heterocycles. The molecule has 3 aromatic rings. The highest BCUT2D eigenvalue weighted by atomic mass is 35.5. The van der Waals surface area contributed by atoms with Gasteiger partial charge in [-0.15, -0.1) is 0 Å². The van der Waals surface area contributed by atoms with Crippen LogP contribution in [0.2, 0.25) is 5.02 Å². The molecule has 5 rings (SSSR count). The Morgan fingerprint density at radius 3 is 2.42 bits per heavy atom. The van der Waals surface area contributed by atoms with Crippen LogP contribution < -0.4 is 10.2 Å². The number of hydrogen-bond donors (Lipinski definition) is 1. The molecule has 2 aliphatic rings. The molecule has 5 nitrogen and oxygen atoms in total. The minimum atomic E-state index is -0.260. The van der Waals surface area contributed by atoms with E-state index in [1.165, 1.54) is 0 Å². The number of hydrogen-bond acceptors (Lipinski definition) is 3. The summed E-state index contributed by atoms with van der Waals surface area (Å²) in [5, 5.41) is 3.70. The van der Waals surface area contributed by atoms with Gasteiger partial charge in [-0.05, 0) is 61.4 Å². The summed E-state index contributed by atoms with van der Waals surface area (Å²) in [5.74, 6) is 0.441. The van der Waals surface area contributed by atoms with Crippen molar-refractivity contribution in [1.29, 1.82) is 0 Å². The molecule has 2 amide bonds. The molecule has 0 atom stereocenters. The Morgan fingerprint density at radius 1 is 1.09 bits per heavy atom. The molecule has 168 valence electrons. The van der Waals surface area contributed by atoms with Crippen LogP contribution in [0.4, 0.5) is 5.69 Å². The lowest BCUT2D eigenvalue weighted by Gasteiger charge is -2.22. The van der Waals surface area contributed by atoms with Gasteiger partial charge in [-0.2, -0.15) is 0 Å². The van der Waals surface area contributed by atoms with Crippen LogP contribution in [0.5, 0.6) is 0 Å². The molecule has 33 heavy (non-hydrogen) atoms. The van der Waals surface area contributed by atoms with Crippen LogP contribution in [0.25, 0.3) is 11.3 Å². The molecule has 0 spiro atoms. The average Bonchev–Trinajstić information content (AvgIpc) is 3.75. The van der Waals surface area contributed by atoms with Crippen LogP contribution >= 0.6 is 11.6 Å². The molecule has 1 heterocycles. The van der Waals surface area contributed by atoms with Gasteiger partial charge in [0, 0.05) is 25.2 Å². The van der Waals surface area contributed by atoms with Gasteiger partial charge in [0.25, 0.3) is 5.91 Å². The summed E-state index contributed by atoms with van der Waals surface area (Å²) in [4.78, 5) is 31.2. The van der Waals surface area contributed by atoms with Crippen molar-refractivity contribution >= 4 is 29.1 Å². The van der Waals surface area contributed by atoms with Crippen molar-refractivity contribution in [3.05, 3.63) is 83.0 Å². The third-order valence-electron chi connectivity index (χ3n) is 6.51. The molecule has 0 bridgehead atoms. The number of carbonyl (C=O) groups is 2. The lowest BCUT2D eigenvalue weighted by atomic mass is 10.0. The Hall–Kier alpha value is -3.18. The Labute approximate surface area is 198 Å². The summed E-state index contributed by atoms with van der Waals surface area (Å²) in [7, 11) is 0. The SMILES string of the molecule is CC(=O)N(CC1CC1)c1ccc(-c2ccc(C(=O)NC3(c4ccccc4)CC3)cn2)cc1Cl. The predicted octanol–water partition coefficient (Wildman–Crippen LogP) is 5.58. The minimum Gasteiger partial charge on any atom is -0.342 e. The first kappa shape index (κ1) is 21.7. The van der Waals surface area contributed by atoms with E-state index in [4.69, 9.17) is 11.6 Å². The number of benzene rings is 2. The van der Waals surface area contributed by atoms with Gasteiger partial charge in [0.1, 0.15) is 0 Å². The second-order valence-electron chi connectivity index (χ2n) is 9.07. The summed E-state index contributed by atoms with van der Waals surface area (Å²) < 4.78 is 0. The topological polar surface area (TPSA) is 62.3 Å². The standard InChI is InChI=1S/C27H26ClN3O2/c1-18(32)31(17-19-7-8-19)25-12-10-20(15-23(25)28)24-11-9-21(16-29-24)26(33)30-27(13-14-27)22-5-3-2-4-6-22/h2-6,9-12,15-16,19H,7-8,13-14,17H2,1H3,(H,30,33). The van der Waals surface area contributed by atoms with Crippen molar-refractivity contribution in [1.82, 2.24) is 10.3 Å². The number of amides is 2. The maximum Gasteiger partial charge on any atom is 0.253 e. The molecule has 2 aromatic carbocycles. The second kappa shape index (κ2) is 8.64. The summed E-state index contributed by atoms with van der Waals surface area (Å²) in [6.07, 6.45) is 5.81. The smallest absolute Gasteiger partial charge is 0.253 e. The lowest BCUT2D eigenvalue weighted by Crippen LogP contribution is -2.34. The van der Waals surface area contributed by atoms with E-state index in [2.05, 4.69) is 22.4 Å². The number of nitrogens with zero attached hydrogens (tertiary/aromatic N) is 2. The zero-order valence-electron chi connectivity index (χ0n) is 18.6. The Morgan fingerprint density at radius 2 is 1.85 bits per heavy atom. The lowest BCUT2D eigenvalue weighted by molar-refractivity contribution is -0.116. The van der Waals surface area contributed by atoms with Crippen molar-refractivity contribution in [2.24, 2.45) is 5.92 Å². The van der Waals surface area contributed by atoms with Crippen LogP contribution in [0.3, 0.4) is 0 Å². The number of anilines is 1. The summed E-state index contributed by atoms with van der Waals surface area (Å²) in [5.41, 5.74) is 3.69. The third-order valence-corrected chi connectivity index (χ3v) is 6.81. The molecular formula is C27H26ClN3O2. The molecule has 6 heteroatoms. The maximum atomic E-state index is 12.8. The zero-order valence-corrected chi connectivity index (χ0v) is 19.3. The highest BCUT2D eigenvalue weighted by Gasteiger charge is 2.45. The van der Waals surface area contributed by atoms with Gasteiger partial charge < -0.3 is 10.2 Å². The monoisotopic (exact) mass is 459 g/mol. The van der Waals surface area contributed by atoms with Gasteiger partial charge >= 0.3 is 0 Å².